The van der Waals surface area contributed by atoms with Crippen molar-refractivity contribution in [1.29, 1.82) is 0 Å². The van der Waals surface area contributed by atoms with Gasteiger partial charge in [-0.15, -0.1) is 0 Å². The van der Waals surface area contributed by atoms with Crippen LogP contribution in [0.2, 0.25) is 0 Å². The lowest BCUT2D eigenvalue weighted by Gasteiger charge is -2.17. The fraction of sp³-hybridized carbons (Fsp3) is 0.357. The first kappa shape index (κ1) is 11.9. The molecule has 1 aliphatic rings. The Bertz CT molecular complexity index is 614. The number of carbonyl (C=O) groups is 1. The number of aliphatic carboxylic acids is 1. The highest BCUT2D eigenvalue weighted by Crippen LogP contribution is 2.28. The number of para-hydroxylation sites is 1. The van der Waals surface area contributed by atoms with Crippen molar-refractivity contribution in [1.82, 2.24) is 9.97 Å². The molecule has 2 N–H and O–H groups in total. The van der Waals surface area contributed by atoms with Gasteiger partial charge in [0.15, 0.2) is 0 Å². The van der Waals surface area contributed by atoms with E-state index in [1.807, 2.05) is 24.3 Å². The van der Waals surface area contributed by atoms with Gasteiger partial charge in [-0.3, -0.25) is 4.79 Å². The van der Waals surface area contributed by atoms with Crippen molar-refractivity contribution in [2.45, 2.75) is 25.3 Å². The van der Waals surface area contributed by atoms with Gasteiger partial charge in [-0.05, 0) is 18.9 Å². The largest absolute Gasteiger partial charge is 0.481 e. The van der Waals surface area contributed by atoms with Crippen molar-refractivity contribution in [3.05, 3.63) is 30.5 Å². The zero-order valence-electron chi connectivity index (χ0n) is 10.4. The van der Waals surface area contributed by atoms with Crippen LogP contribution < -0.4 is 5.32 Å². The third-order valence-electron chi connectivity index (χ3n) is 3.64. The first-order chi connectivity index (χ1) is 9.24. The van der Waals surface area contributed by atoms with E-state index in [9.17, 15) is 4.79 Å². The van der Waals surface area contributed by atoms with E-state index in [0.717, 1.165) is 30.2 Å². The predicted octanol–water partition coefficient (Wildman–Crippen LogP) is 2.29. The van der Waals surface area contributed by atoms with Crippen LogP contribution in [0.4, 0.5) is 5.95 Å². The number of nitrogens with one attached hydrogen (secondary N) is 1. The molecule has 0 saturated heterocycles. The number of aromatic nitrogens is 2. The molecule has 1 saturated carbocycles. The SMILES string of the molecule is O=C(O)C1CCCC1Nc1ncc2ccccc2n1. The molecule has 98 valence electrons. The Morgan fingerprint density at radius 1 is 1.32 bits per heavy atom. The van der Waals surface area contributed by atoms with E-state index in [2.05, 4.69) is 15.3 Å². The lowest BCUT2D eigenvalue weighted by Crippen LogP contribution is -2.30. The van der Waals surface area contributed by atoms with Crippen LogP contribution in [0, 0.1) is 5.92 Å². The zero-order chi connectivity index (χ0) is 13.2. The molecule has 1 aromatic heterocycles. The van der Waals surface area contributed by atoms with Gasteiger partial charge in [0.1, 0.15) is 0 Å². The summed E-state index contributed by atoms with van der Waals surface area (Å²) in [5.74, 6) is -0.567. The van der Waals surface area contributed by atoms with Crippen molar-refractivity contribution < 1.29 is 9.90 Å². The molecular weight excluding hydrogens is 242 g/mol. The standard InChI is InChI=1S/C14H15N3O2/c18-13(19)10-5-3-7-12(10)17-14-15-8-9-4-1-2-6-11(9)16-14/h1-2,4,6,8,10,12H,3,5,7H2,(H,18,19)(H,15,16,17). The van der Waals surface area contributed by atoms with Gasteiger partial charge in [-0.2, -0.15) is 0 Å². The first-order valence-electron chi connectivity index (χ1n) is 6.45. The minimum atomic E-state index is -0.740. The molecule has 1 fully saturated rings. The lowest BCUT2D eigenvalue weighted by molar-refractivity contribution is -0.141. The fourth-order valence-electron chi connectivity index (χ4n) is 2.64. The van der Waals surface area contributed by atoms with Crippen LogP contribution >= 0.6 is 0 Å². The maximum absolute atomic E-state index is 11.1. The second-order valence-corrected chi connectivity index (χ2v) is 4.88. The first-order valence-corrected chi connectivity index (χ1v) is 6.45. The van der Waals surface area contributed by atoms with Gasteiger partial charge in [-0.1, -0.05) is 24.6 Å². The second kappa shape index (κ2) is 4.84. The van der Waals surface area contributed by atoms with Gasteiger partial charge >= 0.3 is 5.97 Å². The van der Waals surface area contributed by atoms with Gasteiger partial charge in [-0.25, -0.2) is 9.97 Å². The molecule has 5 nitrogen and oxygen atoms in total. The molecule has 0 amide bonds. The number of nitrogens with zero attached hydrogens (tertiary/aromatic N) is 2. The van der Waals surface area contributed by atoms with E-state index in [-0.39, 0.29) is 12.0 Å². The summed E-state index contributed by atoms with van der Waals surface area (Å²) >= 11 is 0. The molecular formula is C14H15N3O2. The maximum atomic E-state index is 11.1. The van der Waals surface area contributed by atoms with E-state index in [4.69, 9.17) is 5.11 Å². The van der Waals surface area contributed by atoms with E-state index >= 15 is 0 Å². The number of benzene rings is 1. The summed E-state index contributed by atoms with van der Waals surface area (Å²) in [6, 6.07) is 7.67. The van der Waals surface area contributed by atoms with Gasteiger partial charge in [0.25, 0.3) is 0 Å². The van der Waals surface area contributed by atoms with Crippen molar-refractivity contribution in [2.24, 2.45) is 5.92 Å². The average molecular weight is 257 g/mol. The molecule has 2 atom stereocenters. The van der Waals surface area contributed by atoms with Crippen molar-refractivity contribution >= 4 is 22.8 Å². The number of hydrogen-bond acceptors (Lipinski definition) is 4. The van der Waals surface area contributed by atoms with Crippen molar-refractivity contribution in [3.63, 3.8) is 0 Å². The Morgan fingerprint density at radius 3 is 3.00 bits per heavy atom. The van der Waals surface area contributed by atoms with Gasteiger partial charge in [0.05, 0.1) is 11.4 Å². The van der Waals surface area contributed by atoms with Gasteiger partial charge in [0, 0.05) is 17.6 Å². The summed E-state index contributed by atoms with van der Waals surface area (Å²) < 4.78 is 0. The van der Waals surface area contributed by atoms with Crippen molar-refractivity contribution in [2.75, 3.05) is 5.32 Å². The normalized spacial score (nSPS) is 22.5. The summed E-state index contributed by atoms with van der Waals surface area (Å²) in [5, 5.41) is 13.3. The summed E-state index contributed by atoms with van der Waals surface area (Å²) in [4.78, 5) is 19.8. The summed E-state index contributed by atoms with van der Waals surface area (Å²) in [7, 11) is 0. The molecule has 2 unspecified atom stereocenters. The van der Waals surface area contributed by atoms with Gasteiger partial charge < -0.3 is 10.4 Å². The molecule has 1 aromatic carbocycles. The smallest absolute Gasteiger partial charge is 0.308 e. The number of carboxylic acids is 1. The Labute approximate surface area is 110 Å². The van der Waals surface area contributed by atoms with Crippen molar-refractivity contribution in [3.8, 4) is 0 Å². The molecule has 2 aromatic rings. The topological polar surface area (TPSA) is 75.1 Å². The molecule has 0 aliphatic heterocycles. The Balaban J connectivity index is 1.83. The van der Waals surface area contributed by atoms with Crippen LogP contribution in [0.3, 0.4) is 0 Å². The molecule has 0 radical (unpaired) electrons. The van der Waals surface area contributed by atoms with Crippen LogP contribution in [-0.2, 0) is 4.79 Å². The van der Waals surface area contributed by atoms with E-state index < -0.39 is 5.97 Å². The van der Waals surface area contributed by atoms with Crippen LogP contribution in [0.1, 0.15) is 19.3 Å². The summed E-state index contributed by atoms with van der Waals surface area (Å²) in [6.07, 6.45) is 4.27. The molecule has 0 bridgehead atoms. The van der Waals surface area contributed by atoms with Crippen LogP contribution in [0.15, 0.2) is 30.5 Å². The maximum Gasteiger partial charge on any atom is 0.308 e. The average Bonchev–Trinajstić information content (AvgIpc) is 2.87. The highest BCUT2D eigenvalue weighted by Gasteiger charge is 2.33. The monoisotopic (exact) mass is 257 g/mol. The quantitative estimate of drug-likeness (QED) is 0.882. The van der Waals surface area contributed by atoms with Crippen LogP contribution in [0.25, 0.3) is 10.9 Å². The highest BCUT2D eigenvalue weighted by atomic mass is 16.4. The minimum Gasteiger partial charge on any atom is -0.481 e. The zero-order valence-corrected chi connectivity index (χ0v) is 10.4. The predicted molar refractivity (Wildman–Crippen MR) is 71.9 cm³/mol. The minimum absolute atomic E-state index is 0.0707. The third-order valence-corrected chi connectivity index (χ3v) is 3.64. The highest BCUT2D eigenvalue weighted by molar-refractivity contribution is 5.78. The number of fused-ring (bicyclic) bond motifs is 1. The number of rotatable bonds is 3. The molecule has 0 spiro atoms. The molecule has 1 aliphatic carbocycles. The molecule has 19 heavy (non-hydrogen) atoms. The number of hydrogen-bond donors (Lipinski definition) is 2. The number of anilines is 1. The van der Waals surface area contributed by atoms with Crippen LogP contribution in [-0.4, -0.2) is 27.1 Å². The van der Waals surface area contributed by atoms with E-state index in [0.29, 0.717) is 5.95 Å². The van der Waals surface area contributed by atoms with E-state index in [1.165, 1.54) is 0 Å². The fourth-order valence-corrected chi connectivity index (χ4v) is 2.64. The lowest BCUT2D eigenvalue weighted by atomic mass is 10.0. The Morgan fingerprint density at radius 2 is 2.16 bits per heavy atom. The Hall–Kier alpha value is -2.17. The number of carboxylic acid groups (broad SMARTS) is 1. The van der Waals surface area contributed by atoms with E-state index in [1.54, 1.807) is 6.20 Å². The summed E-state index contributed by atoms with van der Waals surface area (Å²) in [6.45, 7) is 0. The van der Waals surface area contributed by atoms with Gasteiger partial charge in [0.2, 0.25) is 5.95 Å². The third kappa shape index (κ3) is 2.36. The molecule has 1 heterocycles. The molecule has 3 rings (SSSR count). The molecule has 5 heteroatoms. The van der Waals surface area contributed by atoms with Crippen LogP contribution in [0.5, 0.6) is 0 Å². The second-order valence-electron chi connectivity index (χ2n) is 4.88. The summed E-state index contributed by atoms with van der Waals surface area (Å²) in [5.41, 5.74) is 0.866. The Kier molecular flexibility index (Phi) is 3.03.